The second kappa shape index (κ2) is 8.11. The second-order valence-corrected chi connectivity index (χ2v) is 9.52. The second-order valence-electron chi connectivity index (χ2n) is 9.52. The molecule has 7 heteroatoms. The molecular weight excluding hydrogens is 455 g/mol. The monoisotopic (exact) mass is 481 g/mol. The number of para-hydroxylation sites is 1. The van der Waals surface area contributed by atoms with E-state index < -0.39 is 23.7 Å². The maximum atomic E-state index is 15.2. The van der Waals surface area contributed by atoms with Crippen molar-refractivity contribution < 1.29 is 27.8 Å². The highest BCUT2D eigenvalue weighted by atomic mass is 19.3. The van der Waals surface area contributed by atoms with E-state index in [9.17, 15) is 14.3 Å². The molecule has 2 heterocycles. The van der Waals surface area contributed by atoms with Gasteiger partial charge in [-0.05, 0) is 67.5 Å². The summed E-state index contributed by atoms with van der Waals surface area (Å²) >= 11 is 0. The number of rotatable bonds is 6. The Labute approximate surface area is 201 Å². The van der Waals surface area contributed by atoms with Crippen LogP contribution >= 0.6 is 0 Å². The van der Waals surface area contributed by atoms with Gasteiger partial charge in [0, 0.05) is 23.5 Å². The van der Waals surface area contributed by atoms with Crippen molar-refractivity contribution in [3.8, 4) is 5.75 Å². The van der Waals surface area contributed by atoms with Gasteiger partial charge in [0.25, 0.3) is 5.85 Å². The average molecular weight is 482 g/mol. The number of hydrogen-bond donors (Lipinski definition) is 1. The van der Waals surface area contributed by atoms with Crippen molar-refractivity contribution in [1.29, 1.82) is 0 Å². The third kappa shape index (κ3) is 3.77. The van der Waals surface area contributed by atoms with Gasteiger partial charge < -0.3 is 9.84 Å². The third-order valence-electron chi connectivity index (χ3n) is 7.45. The molecule has 3 unspecified atom stereocenters. The highest BCUT2D eigenvalue weighted by Gasteiger charge is 2.57. The van der Waals surface area contributed by atoms with Crippen LogP contribution in [-0.2, 0) is 12.8 Å². The molecule has 3 aliphatic rings. The molecule has 0 radical (unpaired) electrons. The molecule has 5 rings (SSSR count). The lowest BCUT2D eigenvalue weighted by Crippen LogP contribution is -2.37. The number of aromatic carboxylic acids is 1. The molecule has 0 fully saturated rings. The molecule has 3 atom stereocenters. The largest absolute Gasteiger partial charge is 0.478 e. The number of halogens is 3. The number of allylic oxidation sites excluding steroid dienone is 2. The summed E-state index contributed by atoms with van der Waals surface area (Å²) in [5.41, 5.74) is 3.67. The van der Waals surface area contributed by atoms with Gasteiger partial charge in [-0.25, -0.2) is 4.79 Å². The van der Waals surface area contributed by atoms with Gasteiger partial charge in [-0.1, -0.05) is 37.3 Å². The van der Waals surface area contributed by atoms with Gasteiger partial charge in [-0.15, -0.1) is 0 Å². The van der Waals surface area contributed by atoms with Crippen LogP contribution in [0.3, 0.4) is 0 Å². The smallest absolute Gasteiger partial charge is 0.335 e. The fourth-order valence-electron chi connectivity index (χ4n) is 5.37. The number of carboxylic acids is 1. The summed E-state index contributed by atoms with van der Waals surface area (Å²) < 4.78 is 51.1. The Morgan fingerprint density at radius 2 is 2.09 bits per heavy atom. The predicted molar refractivity (Wildman–Crippen MR) is 128 cm³/mol. The van der Waals surface area contributed by atoms with E-state index in [0.29, 0.717) is 36.2 Å². The lowest BCUT2D eigenvalue weighted by atomic mass is 9.76. The normalized spacial score (nSPS) is 24.9. The van der Waals surface area contributed by atoms with Crippen molar-refractivity contribution in [3.05, 3.63) is 82.0 Å². The Hall–Kier alpha value is -3.35. The van der Waals surface area contributed by atoms with Gasteiger partial charge in [0.05, 0.1) is 17.0 Å². The summed E-state index contributed by atoms with van der Waals surface area (Å²) in [6.07, 6.45) is 3.37. The maximum Gasteiger partial charge on any atom is 0.335 e. The molecular formula is C28H26F3NO3. The van der Waals surface area contributed by atoms with Crippen LogP contribution < -0.4 is 4.74 Å². The molecule has 182 valence electrons. The van der Waals surface area contributed by atoms with E-state index in [1.165, 1.54) is 25.1 Å². The topological polar surface area (TPSA) is 58.9 Å². The van der Waals surface area contributed by atoms with Crippen molar-refractivity contribution >= 4 is 17.4 Å². The molecule has 1 aliphatic carbocycles. The SMILES string of the molecule is C/C=C/C(F)(F)C1=Nc2cc(C(=O)O)ccc2C(C)C1CCc1cccc2c1OC1(F)C(C)=C1C2. The molecule has 0 saturated carbocycles. The Bertz CT molecular complexity index is 1330. The first-order valence-electron chi connectivity index (χ1n) is 11.7. The number of nitrogens with zero attached hydrogens (tertiary/aromatic N) is 1. The summed E-state index contributed by atoms with van der Waals surface area (Å²) in [6, 6.07) is 10.1. The summed E-state index contributed by atoms with van der Waals surface area (Å²) in [4.78, 5) is 15.7. The van der Waals surface area contributed by atoms with Crippen molar-refractivity contribution in [2.45, 2.75) is 57.7 Å². The van der Waals surface area contributed by atoms with E-state index >= 15 is 8.78 Å². The van der Waals surface area contributed by atoms with Gasteiger partial charge >= 0.3 is 11.9 Å². The zero-order chi connectivity index (χ0) is 25.1. The molecule has 2 aromatic rings. The average Bonchev–Trinajstić information content (AvgIpc) is 3.35. The van der Waals surface area contributed by atoms with Gasteiger partial charge in [0.1, 0.15) is 5.75 Å². The van der Waals surface area contributed by atoms with Crippen LogP contribution in [0.25, 0.3) is 0 Å². The van der Waals surface area contributed by atoms with Crippen molar-refractivity contribution in [2.24, 2.45) is 10.9 Å². The highest BCUT2D eigenvalue weighted by Crippen LogP contribution is 2.55. The number of carboxylic acid groups (broad SMARTS) is 1. The molecule has 0 aromatic heterocycles. The Kier molecular flexibility index (Phi) is 5.42. The number of hydrogen-bond acceptors (Lipinski definition) is 3. The van der Waals surface area contributed by atoms with Crippen molar-refractivity contribution in [3.63, 3.8) is 0 Å². The first-order valence-corrected chi connectivity index (χ1v) is 11.7. The van der Waals surface area contributed by atoms with Crippen LogP contribution in [0.15, 0.2) is 64.7 Å². The molecule has 2 aliphatic heterocycles. The molecule has 4 nitrogen and oxygen atoms in total. The molecule has 0 amide bonds. The molecule has 2 aromatic carbocycles. The molecule has 1 N–H and O–H groups in total. The van der Waals surface area contributed by atoms with Gasteiger partial charge in [0.15, 0.2) is 0 Å². The first-order chi connectivity index (χ1) is 16.6. The van der Waals surface area contributed by atoms with Crippen molar-refractivity contribution in [1.82, 2.24) is 0 Å². The Balaban J connectivity index is 1.48. The summed E-state index contributed by atoms with van der Waals surface area (Å²) in [5, 5.41) is 9.33. The minimum Gasteiger partial charge on any atom is -0.478 e. The molecule has 0 bridgehead atoms. The fraction of sp³-hybridized carbons (Fsp3) is 0.357. The minimum absolute atomic E-state index is 0.00316. The molecule has 35 heavy (non-hydrogen) atoms. The number of benzene rings is 2. The number of ether oxygens (including phenoxy) is 1. The lowest BCUT2D eigenvalue weighted by molar-refractivity contribution is 0.0435. The lowest BCUT2D eigenvalue weighted by Gasteiger charge is -2.34. The zero-order valence-corrected chi connectivity index (χ0v) is 19.7. The van der Waals surface area contributed by atoms with Crippen molar-refractivity contribution in [2.75, 3.05) is 0 Å². The molecule has 0 saturated heterocycles. The summed E-state index contributed by atoms with van der Waals surface area (Å²) in [6.45, 7) is 5.11. The van der Waals surface area contributed by atoms with E-state index in [1.54, 1.807) is 13.0 Å². The van der Waals surface area contributed by atoms with E-state index in [1.807, 2.05) is 25.1 Å². The Morgan fingerprint density at radius 3 is 2.80 bits per heavy atom. The van der Waals surface area contributed by atoms with E-state index in [2.05, 4.69) is 4.99 Å². The summed E-state index contributed by atoms with van der Waals surface area (Å²) in [5.74, 6) is -6.63. The fourth-order valence-corrected chi connectivity index (χ4v) is 5.37. The first kappa shape index (κ1) is 23.4. The number of aryl methyl sites for hydroxylation is 1. The van der Waals surface area contributed by atoms with Crippen LogP contribution in [0.5, 0.6) is 5.75 Å². The third-order valence-corrected chi connectivity index (χ3v) is 7.45. The van der Waals surface area contributed by atoms with Gasteiger partial charge in [-0.2, -0.15) is 13.2 Å². The highest BCUT2D eigenvalue weighted by molar-refractivity contribution is 5.99. The standard InChI is InChI=1S/C28H26F3NO3/c1-4-12-27(29,30)25-21(15(2)20-10-9-19(26(33)34)14-23(20)32-25)11-8-17-6-5-7-18-13-22-16(3)28(22,31)35-24(17)18/h4-7,9-10,12,14-15,21H,8,11,13H2,1-3H3,(H,33,34)/b12-4+. The van der Waals surface area contributed by atoms with Crippen LogP contribution in [0, 0.1) is 5.92 Å². The number of carbonyl (C=O) groups is 1. The van der Waals surface area contributed by atoms with E-state index in [4.69, 9.17) is 4.74 Å². The predicted octanol–water partition coefficient (Wildman–Crippen LogP) is 6.97. The van der Waals surface area contributed by atoms with E-state index in [0.717, 1.165) is 22.8 Å². The number of alkyl halides is 3. The van der Waals surface area contributed by atoms with Gasteiger partial charge in [-0.3, -0.25) is 4.99 Å². The van der Waals surface area contributed by atoms with Gasteiger partial charge in [0.2, 0.25) is 0 Å². The van der Waals surface area contributed by atoms with Crippen LogP contribution in [0.1, 0.15) is 60.2 Å². The van der Waals surface area contributed by atoms with E-state index in [-0.39, 0.29) is 22.9 Å². The zero-order valence-electron chi connectivity index (χ0n) is 19.7. The molecule has 0 spiro atoms. The minimum atomic E-state index is -3.29. The quantitative estimate of drug-likeness (QED) is 0.454. The summed E-state index contributed by atoms with van der Waals surface area (Å²) in [7, 11) is 0. The number of aliphatic imine (C=N–C) groups is 1. The number of fused-ring (bicyclic) bond motifs is 3. The Morgan fingerprint density at radius 1 is 1.31 bits per heavy atom. The maximum absolute atomic E-state index is 15.2. The van der Waals surface area contributed by atoms with Crippen LogP contribution in [0.4, 0.5) is 18.9 Å². The van der Waals surface area contributed by atoms with Crippen LogP contribution in [-0.4, -0.2) is 28.6 Å². The van der Waals surface area contributed by atoms with Crippen LogP contribution in [0.2, 0.25) is 0 Å².